The van der Waals surface area contributed by atoms with Gasteiger partial charge in [0.05, 0.1) is 11.3 Å². The maximum Gasteiger partial charge on any atom is 0.203 e. The molecule has 4 rings (SSSR count). The second kappa shape index (κ2) is 5.73. The molecule has 0 amide bonds. The number of nitrogens with zero attached hydrogens (tertiary/aromatic N) is 5. The average molecular weight is 332 g/mol. The number of amidine groups is 1. The van der Waals surface area contributed by atoms with Gasteiger partial charge in [-0.1, -0.05) is 30.3 Å². The zero-order valence-corrected chi connectivity index (χ0v) is 14.6. The molecule has 0 saturated heterocycles. The van der Waals surface area contributed by atoms with E-state index in [9.17, 15) is 0 Å². The van der Waals surface area contributed by atoms with E-state index in [0.717, 1.165) is 39.6 Å². The van der Waals surface area contributed by atoms with Gasteiger partial charge in [-0.2, -0.15) is 5.10 Å². The molecule has 2 aliphatic heterocycles. The van der Waals surface area contributed by atoms with Gasteiger partial charge < -0.3 is 5.73 Å². The highest BCUT2D eigenvalue weighted by atomic mass is 15.6. The van der Waals surface area contributed by atoms with Crippen LogP contribution >= 0.6 is 0 Å². The molecule has 2 aromatic rings. The van der Waals surface area contributed by atoms with Crippen LogP contribution in [0, 0.1) is 13.8 Å². The number of hydrogen-bond acceptors (Lipinski definition) is 6. The van der Waals surface area contributed by atoms with Crippen molar-refractivity contribution >= 4 is 23.1 Å². The number of pyridine rings is 1. The minimum Gasteiger partial charge on any atom is -0.369 e. The molecule has 1 aromatic carbocycles. The number of aliphatic imine (C=N–C) groups is 1. The third kappa shape index (κ3) is 2.65. The Morgan fingerprint density at radius 3 is 2.36 bits per heavy atom. The maximum absolute atomic E-state index is 6.23. The van der Waals surface area contributed by atoms with Crippen molar-refractivity contribution in [1.29, 1.82) is 0 Å². The van der Waals surface area contributed by atoms with Crippen LogP contribution in [0.1, 0.15) is 22.5 Å². The normalized spacial score (nSPS) is 16.8. The third-order valence-electron chi connectivity index (χ3n) is 4.25. The molecule has 0 atom stereocenters. The number of rotatable bonds is 2. The van der Waals surface area contributed by atoms with Crippen LogP contribution in [-0.4, -0.2) is 40.4 Å². The van der Waals surface area contributed by atoms with Crippen molar-refractivity contribution in [1.82, 2.24) is 14.9 Å². The van der Waals surface area contributed by atoms with Crippen LogP contribution in [0.15, 0.2) is 52.6 Å². The summed E-state index contributed by atoms with van der Waals surface area (Å²) in [6.45, 7) is 4.60. The topological polar surface area (TPSA) is 70.1 Å². The summed E-state index contributed by atoms with van der Waals surface area (Å²) in [4.78, 5) is 11.2. The van der Waals surface area contributed by atoms with Crippen molar-refractivity contribution in [3.63, 3.8) is 0 Å². The van der Waals surface area contributed by atoms with Gasteiger partial charge in [0.2, 0.25) is 5.96 Å². The largest absolute Gasteiger partial charge is 0.369 e. The fraction of sp³-hybridized carbons (Fsp3) is 0.211. The number of nitrogens with two attached hydrogens (primary N) is 1. The lowest BCUT2D eigenvalue weighted by atomic mass is 9.96. The quantitative estimate of drug-likeness (QED) is 0.917. The molecule has 0 fully saturated rings. The molecule has 6 heteroatoms. The fourth-order valence-electron chi connectivity index (χ4n) is 3.27. The van der Waals surface area contributed by atoms with E-state index in [0.29, 0.717) is 12.6 Å². The molecule has 2 N–H and O–H groups in total. The van der Waals surface area contributed by atoms with Crippen LogP contribution < -0.4 is 5.73 Å². The Labute approximate surface area is 147 Å². The van der Waals surface area contributed by atoms with Gasteiger partial charge in [0.25, 0.3) is 0 Å². The lowest BCUT2D eigenvalue weighted by Crippen LogP contribution is -2.43. The lowest BCUT2D eigenvalue weighted by Gasteiger charge is -2.27. The summed E-state index contributed by atoms with van der Waals surface area (Å²) < 4.78 is 0. The van der Waals surface area contributed by atoms with E-state index in [4.69, 9.17) is 15.8 Å². The number of benzene rings is 1. The Bertz CT molecular complexity index is 906. The van der Waals surface area contributed by atoms with E-state index in [1.165, 1.54) is 0 Å². The fourth-order valence-corrected chi connectivity index (χ4v) is 3.27. The zero-order chi connectivity index (χ0) is 17.6. The van der Waals surface area contributed by atoms with E-state index < -0.39 is 0 Å². The summed E-state index contributed by atoms with van der Waals surface area (Å²) in [5.41, 5.74) is 12.1. The Hall–Kier alpha value is -3.15. The van der Waals surface area contributed by atoms with E-state index in [1.807, 2.05) is 61.1 Å². The molecular formula is C19H20N6. The summed E-state index contributed by atoms with van der Waals surface area (Å²) >= 11 is 0. The third-order valence-corrected chi connectivity index (χ3v) is 4.25. The van der Waals surface area contributed by atoms with E-state index in [-0.39, 0.29) is 0 Å². The van der Waals surface area contributed by atoms with Gasteiger partial charge in [-0.25, -0.2) is 4.99 Å². The molecule has 0 spiro atoms. The summed E-state index contributed by atoms with van der Waals surface area (Å²) in [5, 5.41) is 6.56. The van der Waals surface area contributed by atoms with Crippen molar-refractivity contribution < 1.29 is 0 Å². The van der Waals surface area contributed by atoms with Crippen LogP contribution in [0.5, 0.6) is 0 Å². The van der Waals surface area contributed by atoms with Crippen molar-refractivity contribution in [2.75, 3.05) is 13.7 Å². The molecule has 1 aromatic heterocycles. The number of aryl methyl sites for hydroxylation is 2. The summed E-state index contributed by atoms with van der Waals surface area (Å²) in [5.74, 6) is 1.30. The van der Waals surface area contributed by atoms with Crippen molar-refractivity contribution in [3.8, 4) is 0 Å². The van der Waals surface area contributed by atoms with Gasteiger partial charge in [0.15, 0.2) is 5.84 Å². The molecule has 126 valence electrons. The first-order chi connectivity index (χ1) is 12.0. The van der Waals surface area contributed by atoms with Gasteiger partial charge in [-0.05, 0) is 31.5 Å². The Morgan fingerprint density at radius 2 is 1.68 bits per heavy atom. The molecular weight excluding hydrogens is 312 g/mol. The molecule has 2 aliphatic rings. The van der Waals surface area contributed by atoms with Crippen molar-refractivity contribution in [3.05, 3.63) is 65.0 Å². The SMILES string of the molecule is Cc1cc(C2=C(c3ccccc3)N=C(N)N3CN(C)N=C23)cc(C)n1. The van der Waals surface area contributed by atoms with Crippen molar-refractivity contribution in [2.45, 2.75) is 13.8 Å². The van der Waals surface area contributed by atoms with Gasteiger partial charge in [-0.3, -0.25) is 14.9 Å². The Morgan fingerprint density at radius 1 is 1.00 bits per heavy atom. The van der Waals surface area contributed by atoms with Gasteiger partial charge in [0, 0.05) is 24.0 Å². The standard InChI is InChI=1S/C19H20N6/c1-12-9-15(10-13(2)21-12)16-17(14-7-5-4-6-8-14)22-19(20)25-11-24(3)23-18(16)25/h4-10H,11H2,1-3H3,(H2,20,22). The highest BCUT2D eigenvalue weighted by Gasteiger charge is 2.33. The average Bonchev–Trinajstić information content (AvgIpc) is 2.96. The molecule has 0 aliphatic carbocycles. The predicted molar refractivity (Wildman–Crippen MR) is 100 cm³/mol. The second-order valence-electron chi connectivity index (χ2n) is 6.35. The van der Waals surface area contributed by atoms with Gasteiger partial charge in [0.1, 0.15) is 6.67 Å². The van der Waals surface area contributed by atoms with Crippen LogP contribution in [0.25, 0.3) is 11.3 Å². The van der Waals surface area contributed by atoms with E-state index in [2.05, 4.69) is 17.1 Å². The van der Waals surface area contributed by atoms with Crippen LogP contribution in [0.4, 0.5) is 0 Å². The molecule has 0 radical (unpaired) electrons. The number of guanidine groups is 1. The molecule has 0 unspecified atom stereocenters. The predicted octanol–water partition coefficient (Wildman–Crippen LogP) is 2.41. The first-order valence-electron chi connectivity index (χ1n) is 8.20. The smallest absolute Gasteiger partial charge is 0.203 e. The highest BCUT2D eigenvalue weighted by Crippen LogP contribution is 2.35. The van der Waals surface area contributed by atoms with Crippen LogP contribution in [0.2, 0.25) is 0 Å². The second-order valence-corrected chi connectivity index (χ2v) is 6.35. The lowest BCUT2D eigenvalue weighted by molar-refractivity contribution is 0.329. The number of hydrazone groups is 1. The first kappa shape index (κ1) is 15.4. The van der Waals surface area contributed by atoms with Crippen LogP contribution in [0.3, 0.4) is 0 Å². The van der Waals surface area contributed by atoms with Gasteiger partial charge in [-0.15, -0.1) is 0 Å². The van der Waals surface area contributed by atoms with Crippen LogP contribution in [-0.2, 0) is 0 Å². The highest BCUT2D eigenvalue weighted by molar-refractivity contribution is 6.35. The maximum atomic E-state index is 6.23. The van der Waals surface area contributed by atoms with Gasteiger partial charge >= 0.3 is 0 Å². The van der Waals surface area contributed by atoms with Crippen molar-refractivity contribution in [2.24, 2.45) is 15.8 Å². The first-order valence-corrected chi connectivity index (χ1v) is 8.20. The Kier molecular flexibility index (Phi) is 3.53. The zero-order valence-electron chi connectivity index (χ0n) is 14.6. The number of hydrogen-bond donors (Lipinski definition) is 1. The monoisotopic (exact) mass is 332 g/mol. The minimum absolute atomic E-state index is 0.466. The number of aromatic nitrogens is 1. The summed E-state index contributed by atoms with van der Waals surface area (Å²) in [6.07, 6.45) is 0. The number of fused-ring (bicyclic) bond motifs is 1. The molecule has 25 heavy (non-hydrogen) atoms. The Balaban J connectivity index is 2.02. The van der Waals surface area contributed by atoms with E-state index in [1.54, 1.807) is 0 Å². The molecule has 3 heterocycles. The molecule has 6 nitrogen and oxygen atoms in total. The minimum atomic E-state index is 0.466. The summed E-state index contributed by atoms with van der Waals surface area (Å²) in [6, 6.07) is 14.2. The van der Waals surface area contributed by atoms with E-state index >= 15 is 0 Å². The summed E-state index contributed by atoms with van der Waals surface area (Å²) in [7, 11) is 1.93. The molecule has 0 bridgehead atoms. The molecule has 0 saturated carbocycles.